The number of aliphatic imine (C=N–C) groups is 1. The van der Waals surface area contributed by atoms with Crippen molar-refractivity contribution >= 4 is 41.5 Å². The number of carbonyl (C=O) groups excluding carboxylic acids is 1. The third-order valence-electron chi connectivity index (χ3n) is 4.91. The average Bonchev–Trinajstić information content (AvgIpc) is 3.24. The van der Waals surface area contributed by atoms with Gasteiger partial charge >= 0.3 is 6.61 Å². The lowest BCUT2D eigenvalue weighted by Crippen LogP contribution is -2.44. The van der Waals surface area contributed by atoms with E-state index in [1.165, 1.54) is 0 Å². The summed E-state index contributed by atoms with van der Waals surface area (Å²) in [6.45, 7) is -1.22. The molecule has 0 spiro atoms. The van der Waals surface area contributed by atoms with Crippen LogP contribution >= 0.6 is 24.0 Å². The minimum absolute atomic E-state index is 0. The molecule has 1 heterocycles. The number of nitrogens with zero attached hydrogens (tertiary/aromatic N) is 2. The lowest BCUT2D eigenvalue weighted by Gasteiger charge is -2.22. The first-order valence-electron chi connectivity index (χ1n) is 10.2. The van der Waals surface area contributed by atoms with Crippen molar-refractivity contribution in [2.45, 2.75) is 25.6 Å². The zero-order valence-electron chi connectivity index (χ0n) is 18.2. The van der Waals surface area contributed by atoms with Crippen LogP contribution < -0.4 is 30.7 Å². The number of halogens is 3. The Labute approximate surface area is 208 Å². The molecule has 0 radical (unpaired) electrons. The summed E-state index contributed by atoms with van der Waals surface area (Å²) < 4.78 is 35.4. The number of primary amides is 1. The summed E-state index contributed by atoms with van der Waals surface area (Å²) >= 11 is 0. The average molecular weight is 575 g/mol. The highest BCUT2D eigenvalue weighted by atomic mass is 127. The molecule has 180 valence electrons. The number of hydrogen-bond donors (Lipinski definition) is 3. The fraction of sp³-hybridized carbons (Fsp3) is 0.364. The molecule has 0 bridgehead atoms. The summed E-state index contributed by atoms with van der Waals surface area (Å²) in [5.41, 5.74) is 6.70. The smallest absolute Gasteiger partial charge is 0.387 e. The van der Waals surface area contributed by atoms with E-state index in [2.05, 4.69) is 20.4 Å². The molecule has 1 unspecified atom stereocenters. The van der Waals surface area contributed by atoms with Crippen molar-refractivity contribution < 1.29 is 23.0 Å². The van der Waals surface area contributed by atoms with Gasteiger partial charge in [-0.15, -0.1) is 24.0 Å². The number of guanidine groups is 1. The number of rotatable bonds is 9. The highest BCUT2D eigenvalue weighted by Gasteiger charge is 2.26. The maximum absolute atomic E-state index is 12.7. The largest absolute Gasteiger partial charge is 0.484 e. The molecule has 11 heteroatoms. The Bertz CT molecular complexity index is 948. The molecule has 0 aromatic heterocycles. The SMILES string of the molecule is CN=C(NCc1cccc(OCC(N)=O)c1)NC1CCN(c2ccccc2OC(F)F)C1.I. The van der Waals surface area contributed by atoms with Crippen molar-refractivity contribution in [1.29, 1.82) is 0 Å². The van der Waals surface area contributed by atoms with Gasteiger partial charge in [0.25, 0.3) is 5.91 Å². The van der Waals surface area contributed by atoms with Gasteiger partial charge in [0.05, 0.1) is 5.69 Å². The summed E-state index contributed by atoms with van der Waals surface area (Å²) in [4.78, 5) is 17.2. The van der Waals surface area contributed by atoms with Crippen LogP contribution in [0.1, 0.15) is 12.0 Å². The van der Waals surface area contributed by atoms with Crippen LogP contribution in [-0.2, 0) is 11.3 Å². The van der Waals surface area contributed by atoms with Crippen LogP contribution in [0.4, 0.5) is 14.5 Å². The van der Waals surface area contributed by atoms with E-state index in [0.29, 0.717) is 37.0 Å². The highest BCUT2D eigenvalue weighted by Crippen LogP contribution is 2.31. The Morgan fingerprint density at radius 1 is 1.27 bits per heavy atom. The fourth-order valence-corrected chi connectivity index (χ4v) is 3.48. The molecule has 8 nitrogen and oxygen atoms in total. The summed E-state index contributed by atoms with van der Waals surface area (Å²) in [6, 6.07) is 14.2. The third-order valence-corrected chi connectivity index (χ3v) is 4.91. The van der Waals surface area contributed by atoms with E-state index in [1.807, 2.05) is 23.1 Å². The van der Waals surface area contributed by atoms with Gasteiger partial charge in [0.15, 0.2) is 12.6 Å². The molecule has 1 saturated heterocycles. The van der Waals surface area contributed by atoms with Crippen LogP contribution in [0.25, 0.3) is 0 Å². The molecule has 2 aromatic rings. The number of carbonyl (C=O) groups is 1. The van der Waals surface area contributed by atoms with Gasteiger partial charge in [-0.2, -0.15) is 8.78 Å². The normalized spacial score (nSPS) is 15.7. The number of alkyl halides is 2. The van der Waals surface area contributed by atoms with Crippen molar-refractivity contribution in [1.82, 2.24) is 10.6 Å². The predicted octanol–water partition coefficient (Wildman–Crippen LogP) is 2.71. The van der Waals surface area contributed by atoms with E-state index in [1.54, 1.807) is 37.4 Å². The van der Waals surface area contributed by atoms with Gasteiger partial charge in [0.1, 0.15) is 11.5 Å². The van der Waals surface area contributed by atoms with E-state index in [4.69, 9.17) is 10.5 Å². The Morgan fingerprint density at radius 2 is 2.06 bits per heavy atom. The van der Waals surface area contributed by atoms with E-state index >= 15 is 0 Å². The Kier molecular flexibility index (Phi) is 10.4. The van der Waals surface area contributed by atoms with Crippen LogP contribution in [0.2, 0.25) is 0 Å². The molecule has 4 N–H and O–H groups in total. The lowest BCUT2D eigenvalue weighted by molar-refractivity contribution is -0.119. The van der Waals surface area contributed by atoms with E-state index in [9.17, 15) is 13.6 Å². The Hall–Kier alpha value is -2.83. The molecule has 3 rings (SSSR count). The van der Waals surface area contributed by atoms with Gasteiger partial charge in [0, 0.05) is 32.7 Å². The molecule has 1 amide bonds. The molecular weight excluding hydrogens is 547 g/mol. The molecule has 1 fully saturated rings. The number of ether oxygens (including phenoxy) is 2. The first-order chi connectivity index (χ1) is 15.4. The lowest BCUT2D eigenvalue weighted by atomic mass is 10.2. The van der Waals surface area contributed by atoms with Crippen LogP contribution in [0.3, 0.4) is 0 Å². The fourth-order valence-electron chi connectivity index (χ4n) is 3.48. The molecule has 2 aromatic carbocycles. The summed E-state index contributed by atoms with van der Waals surface area (Å²) in [5, 5.41) is 6.61. The maximum Gasteiger partial charge on any atom is 0.387 e. The van der Waals surface area contributed by atoms with Crippen molar-refractivity contribution in [3.8, 4) is 11.5 Å². The molecule has 1 aliphatic heterocycles. The number of para-hydroxylation sites is 2. The molecule has 1 atom stereocenters. The third kappa shape index (κ3) is 8.22. The topological polar surface area (TPSA) is 101 Å². The van der Waals surface area contributed by atoms with E-state index in [-0.39, 0.29) is 42.4 Å². The van der Waals surface area contributed by atoms with E-state index in [0.717, 1.165) is 12.0 Å². The van der Waals surface area contributed by atoms with Crippen molar-refractivity contribution in [3.05, 3.63) is 54.1 Å². The maximum atomic E-state index is 12.7. The predicted molar refractivity (Wildman–Crippen MR) is 134 cm³/mol. The zero-order chi connectivity index (χ0) is 22.9. The number of amides is 1. The zero-order valence-corrected chi connectivity index (χ0v) is 20.5. The first-order valence-corrected chi connectivity index (χ1v) is 10.2. The standard InChI is InChI=1S/C22H27F2N5O3.HI/c1-26-22(27-12-15-5-4-6-17(11-15)31-14-20(25)30)28-16-9-10-29(13-16)18-7-2-3-8-19(18)32-21(23)24;/h2-8,11,16,21H,9-10,12-14H2,1H3,(H2,25,30)(H2,26,27,28);1H. The van der Waals surface area contributed by atoms with Crippen LogP contribution in [0, 0.1) is 0 Å². The summed E-state index contributed by atoms with van der Waals surface area (Å²) in [6.07, 6.45) is 0.820. The second kappa shape index (κ2) is 13.0. The molecule has 1 aliphatic rings. The van der Waals surface area contributed by atoms with Crippen molar-refractivity contribution in [2.75, 3.05) is 31.6 Å². The minimum atomic E-state index is -2.87. The monoisotopic (exact) mass is 575 g/mol. The minimum Gasteiger partial charge on any atom is -0.484 e. The number of nitrogens with one attached hydrogen (secondary N) is 2. The Balaban J connectivity index is 0.00000385. The van der Waals surface area contributed by atoms with Crippen molar-refractivity contribution in [3.63, 3.8) is 0 Å². The van der Waals surface area contributed by atoms with Gasteiger partial charge in [-0.1, -0.05) is 24.3 Å². The van der Waals surface area contributed by atoms with Gasteiger partial charge < -0.3 is 30.7 Å². The number of benzene rings is 2. The number of nitrogens with two attached hydrogens (primary N) is 1. The van der Waals surface area contributed by atoms with Crippen molar-refractivity contribution in [2.24, 2.45) is 10.7 Å². The molecule has 0 aliphatic carbocycles. The van der Waals surface area contributed by atoms with Gasteiger partial charge in [-0.25, -0.2) is 0 Å². The van der Waals surface area contributed by atoms with Gasteiger partial charge in [-0.05, 0) is 36.2 Å². The summed E-state index contributed by atoms with van der Waals surface area (Å²) in [7, 11) is 1.68. The molecular formula is C22H28F2IN5O3. The Morgan fingerprint density at radius 3 is 2.79 bits per heavy atom. The number of hydrogen-bond acceptors (Lipinski definition) is 5. The van der Waals surface area contributed by atoms with Crippen LogP contribution in [-0.4, -0.2) is 51.3 Å². The number of anilines is 1. The second-order valence-corrected chi connectivity index (χ2v) is 7.25. The quantitative estimate of drug-likeness (QED) is 0.242. The molecule has 33 heavy (non-hydrogen) atoms. The van der Waals surface area contributed by atoms with Crippen LogP contribution in [0.15, 0.2) is 53.5 Å². The second-order valence-electron chi connectivity index (χ2n) is 7.25. The molecule has 0 saturated carbocycles. The van der Waals surface area contributed by atoms with Crippen LogP contribution in [0.5, 0.6) is 11.5 Å². The first kappa shape index (κ1) is 26.4. The van der Waals surface area contributed by atoms with Gasteiger partial charge in [0.2, 0.25) is 0 Å². The van der Waals surface area contributed by atoms with Gasteiger partial charge in [-0.3, -0.25) is 9.79 Å². The van der Waals surface area contributed by atoms with E-state index < -0.39 is 12.5 Å². The summed E-state index contributed by atoms with van der Waals surface area (Å²) in [5.74, 6) is 0.816. The highest BCUT2D eigenvalue weighted by molar-refractivity contribution is 14.0.